The van der Waals surface area contributed by atoms with Gasteiger partial charge in [-0.25, -0.2) is 13.1 Å². The summed E-state index contributed by atoms with van der Waals surface area (Å²) in [5.74, 6) is -0.375. The molecule has 2 rings (SSSR count). The molecule has 1 N–H and O–H groups in total. The van der Waals surface area contributed by atoms with E-state index < -0.39 is 16.1 Å². The molecule has 1 heterocycles. The first kappa shape index (κ1) is 15.7. The molecule has 1 aromatic rings. The first-order valence-electron chi connectivity index (χ1n) is 6.75. The Morgan fingerprint density at radius 2 is 2.05 bits per heavy atom. The van der Waals surface area contributed by atoms with E-state index in [9.17, 15) is 18.0 Å². The maximum atomic E-state index is 12.1. The van der Waals surface area contributed by atoms with Crippen molar-refractivity contribution in [2.75, 3.05) is 13.1 Å². The zero-order valence-corrected chi connectivity index (χ0v) is 12.6. The van der Waals surface area contributed by atoms with Crippen molar-refractivity contribution in [1.82, 2.24) is 9.62 Å². The van der Waals surface area contributed by atoms with Gasteiger partial charge in [0.2, 0.25) is 15.9 Å². The molecule has 6 nitrogen and oxygen atoms in total. The molecule has 1 saturated heterocycles. The normalized spacial score (nSPS) is 18.7. The predicted molar refractivity (Wildman–Crippen MR) is 77.2 cm³/mol. The summed E-state index contributed by atoms with van der Waals surface area (Å²) in [5.41, 5.74) is 0.955. The van der Waals surface area contributed by atoms with E-state index in [2.05, 4.69) is 4.72 Å². The van der Waals surface area contributed by atoms with E-state index in [0.717, 1.165) is 18.3 Å². The minimum Gasteiger partial charge on any atom is -0.332 e. The van der Waals surface area contributed by atoms with Crippen LogP contribution in [0.25, 0.3) is 0 Å². The number of aldehydes is 1. The summed E-state index contributed by atoms with van der Waals surface area (Å²) in [5, 5.41) is 0. The molecule has 1 atom stereocenters. The topological polar surface area (TPSA) is 83.6 Å². The third-order valence-electron chi connectivity index (χ3n) is 3.52. The molecule has 0 aromatic heterocycles. The quantitative estimate of drug-likeness (QED) is 0.801. The molecule has 1 fully saturated rings. The number of nitrogens with zero attached hydrogens (tertiary/aromatic N) is 1. The molecular weight excluding hydrogens is 292 g/mol. The highest BCUT2D eigenvalue weighted by atomic mass is 32.2. The van der Waals surface area contributed by atoms with Gasteiger partial charge >= 0.3 is 0 Å². The second kappa shape index (κ2) is 6.36. The lowest BCUT2D eigenvalue weighted by Gasteiger charge is -2.20. The third-order valence-corrected chi connectivity index (χ3v) is 4.94. The smallest absolute Gasteiger partial charge is 0.241 e. The molecule has 0 radical (unpaired) electrons. The monoisotopic (exact) mass is 310 g/mol. The van der Waals surface area contributed by atoms with Gasteiger partial charge in [0, 0.05) is 6.54 Å². The van der Waals surface area contributed by atoms with E-state index in [1.165, 1.54) is 17.0 Å². The van der Waals surface area contributed by atoms with Crippen LogP contribution in [0.2, 0.25) is 0 Å². The first-order valence-corrected chi connectivity index (χ1v) is 8.23. The summed E-state index contributed by atoms with van der Waals surface area (Å²) in [6.07, 6.45) is 2.14. The number of carbonyl (C=O) groups is 2. The molecule has 1 aliphatic rings. The summed E-state index contributed by atoms with van der Waals surface area (Å²) >= 11 is 0. The Morgan fingerprint density at radius 1 is 1.38 bits per heavy atom. The number of sulfonamides is 1. The molecule has 114 valence electrons. The number of rotatable bonds is 5. The highest BCUT2D eigenvalue weighted by molar-refractivity contribution is 7.89. The first-order chi connectivity index (χ1) is 9.94. The van der Waals surface area contributed by atoms with Gasteiger partial charge in [-0.15, -0.1) is 0 Å². The average molecular weight is 310 g/mol. The molecule has 1 aliphatic heterocycles. The number of hydrogen-bond donors (Lipinski definition) is 1. The van der Waals surface area contributed by atoms with E-state index in [0.29, 0.717) is 13.0 Å². The van der Waals surface area contributed by atoms with Crippen LogP contribution in [0, 0.1) is 6.92 Å². The molecule has 7 heteroatoms. The Bertz CT molecular complexity index is 625. The number of benzene rings is 1. The maximum Gasteiger partial charge on any atom is 0.241 e. The van der Waals surface area contributed by atoms with Crippen LogP contribution in [0.4, 0.5) is 0 Å². The summed E-state index contributed by atoms with van der Waals surface area (Å²) < 4.78 is 26.4. The molecule has 0 bridgehead atoms. The highest BCUT2D eigenvalue weighted by Gasteiger charge is 2.28. The molecule has 0 spiro atoms. The Kier molecular flexibility index (Phi) is 4.74. The second-order valence-corrected chi connectivity index (χ2v) is 6.84. The largest absolute Gasteiger partial charge is 0.332 e. The molecule has 21 heavy (non-hydrogen) atoms. The number of likely N-dealkylation sites (tertiary alicyclic amines) is 1. The fourth-order valence-corrected chi connectivity index (χ4v) is 3.28. The molecule has 1 aromatic carbocycles. The van der Waals surface area contributed by atoms with E-state index in [-0.39, 0.29) is 17.3 Å². The van der Waals surface area contributed by atoms with Crippen LogP contribution < -0.4 is 4.72 Å². The lowest BCUT2D eigenvalue weighted by molar-refractivity contribution is -0.133. The van der Waals surface area contributed by atoms with Crippen molar-refractivity contribution in [3.63, 3.8) is 0 Å². The fourth-order valence-electron chi connectivity index (χ4n) is 2.30. The van der Waals surface area contributed by atoms with Gasteiger partial charge in [-0.3, -0.25) is 4.79 Å². The molecular formula is C14H18N2O4S. The predicted octanol–water partition coefficient (Wildman–Crippen LogP) is 0.463. The van der Waals surface area contributed by atoms with Gasteiger partial charge in [0.1, 0.15) is 6.29 Å². The minimum absolute atomic E-state index is 0.120. The SMILES string of the molecule is Cc1ccc(S(=O)(=O)NCC(=O)N2CCC[C@H]2C=O)cc1. The maximum absolute atomic E-state index is 12.1. The van der Waals surface area contributed by atoms with Gasteiger partial charge in [-0.05, 0) is 31.9 Å². The highest BCUT2D eigenvalue weighted by Crippen LogP contribution is 2.15. The van der Waals surface area contributed by atoms with E-state index in [1.54, 1.807) is 12.1 Å². The molecule has 0 aliphatic carbocycles. The Morgan fingerprint density at radius 3 is 2.67 bits per heavy atom. The van der Waals surface area contributed by atoms with Gasteiger partial charge in [0.15, 0.2) is 0 Å². The minimum atomic E-state index is -3.71. The lowest BCUT2D eigenvalue weighted by atomic mass is 10.2. The van der Waals surface area contributed by atoms with Crippen LogP contribution >= 0.6 is 0 Å². The van der Waals surface area contributed by atoms with E-state index >= 15 is 0 Å². The Labute approximate surface area is 124 Å². The van der Waals surface area contributed by atoms with Gasteiger partial charge in [0.25, 0.3) is 0 Å². The number of amides is 1. The fraction of sp³-hybridized carbons (Fsp3) is 0.429. The van der Waals surface area contributed by atoms with Crippen LogP contribution in [0.3, 0.4) is 0 Å². The van der Waals surface area contributed by atoms with E-state index in [4.69, 9.17) is 0 Å². The van der Waals surface area contributed by atoms with Crippen molar-refractivity contribution >= 4 is 22.2 Å². The average Bonchev–Trinajstić information content (AvgIpc) is 2.94. The van der Waals surface area contributed by atoms with Crippen molar-refractivity contribution in [3.8, 4) is 0 Å². The number of aryl methyl sites for hydroxylation is 1. The second-order valence-electron chi connectivity index (χ2n) is 5.07. The molecule has 1 amide bonds. The number of carbonyl (C=O) groups excluding carboxylic acids is 2. The summed E-state index contributed by atoms with van der Waals surface area (Å²) in [6.45, 7) is 2.02. The van der Waals surface area contributed by atoms with Crippen LogP contribution in [-0.4, -0.2) is 44.6 Å². The van der Waals surface area contributed by atoms with Gasteiger partial charge in [-0.1, -0.05) is 17.7 Å². The van der Waals surface area contributed by atoms with Gasteiger partial charge in [0.05, 0.1) is 17.5 Å². The van der Waals surface area contributed by atoms with Crippen molar-refractivity contribution < 1.29 is 18.0 Å². The molecule has 0 saturated carbocycles. The van der Waals surface area contributed by atoms with Crippen molar-refractivity contribution in [2.24, 2.45) is 0 Å². The van der Waals surface area contributed by atoms with Crippen LogP contribution in [-0.2, 0) is 19.6 Å². The number of nitrogens with one attached hydrogen (secondary N) is 1. The number of hydrogen-bond acceptors (Lipinski definition) is 4. The van der Waals surface area contributed by atoms with Crippen molar-refractivity contribution in [1.29, 1.82) is 0 Å². The zero-order chi connectivity index (χ0) is 15.5. The van der Waals surface area contributed by atoms with Gasteiger partial charge in [-0.2, -0.15) is 0 Å². The van der Waals surface area contributed by atoms with Gasteiger partial charge < -0.3 is 9.69 Å². The van der Waals surface area contributed by atoms with E-state index in [1.807, 2.05) is 6.92 Å². The zero-order valence-electron chi connectivity index (χ0n) is 11.8. The Balaban J connectivity index is 2.00. The standard InChI is InChI=1S/C14H18N2O4S/c1-11-4-6-13(7-5-11)21(19,20)15-9-14(18)16-8-2-3-12(16)10-17/h4-7,10,12,15H,2-3,8-9H2,1H3/t12-/m0/s1. The van der Waals surface area contributed by atoms with Crippen LogP contribution in [0.15, 0.2) is 29.2 Å². The van der Waals surface area contributed by atoms with Crippen LogP contribution in [0.1, 0.15) is 18.4 Å². The summed E-state index contributed by atoms with van der Waals surface area (Å²) in [6, 6.07) is 5.94. The lowest BCUT2D eigenvalue weighted by Crippen LogP contribution is -2.43. The van der Waals surface area contributed by atoms with Crippen molar-refractivity contribution in [3.05, 3.63) is 29.8 Å². The summed E-state index contributed by atoms with van der Waals surface area (Å²) in [7, 11) is -3.71. The van der Waals surface area contributed by atoms with Crippen molar-refractivity contribution in [2.45, 2.75) is 30.7 Å². The van der Waals surface area contributed by atoms with Crippen LogP contribution in [0.5, 0.6) is 0 Å². The molecule has 0 unspecified atom stereocenters. The summed E-state index contributed by atoms with van der Waals surface area (Å²) in [4.78, 5) is 24.4. The Hall–Kier alpha value is -1.73. The third kappa shape index (κ3) is 3.68.